The van der Waals surface area contributed by atoms with Crippen molar-refractivity contribution in [3.63, 3.8) is 0 Å². The van der Waals surface area contributed by atoms with Gasteiger partial charge in [-0.3, -0.25) is 24.6 Å². The second-order valence-corrected chi connectivity index (χ2v) is 7.33. The van der Waals surface area contributed by atoms with E-state index in [1.807, 2.05) is 0 Å². The lowest BCUT2D eigenvalue weighted by molar-refractivity contribution is -0.159. The Morgan fingerprint density at radius 1 is 1.39 bits per heavy atom. The molecule has 1 aromatic heterocycles. The summed E-state index contributed by atoms with van der Waals surface area (Å²) in [5.41, 5.74) is 2.97. The summed E-state index contributed by atoms with van der Waals surface area (Å²) in [6.45, 7) is 0.395. The summed E-state index contributed by atoms with van der Waals surface area (Å²) in [6.07, 6.45) is 7.19. The van der Waals surface area contributed by atoms with E-state index in [1.54, 1.807) is 12.1 Å². The van der Waals surface area contributed by atoms with Gasteiger partial charge >= 0.3 is 0 Å². The molecule has 10 heteroatoms. The molecule has 2 atom stereocenters. The standard InChI is InChI=1S/C18H26N6O4/c25-12-23(28)11-14(10-13-4-1-2-5-13)18(27)24-15(7-9-20-24)17(26)21-16-6-3-8-19-22-16/h3,6,8,12-15,20,28H,1-2,4-5,7,9-11H2,(H,21,22,26). The highest BCUT2D eigenvalue weighted by molar-refractivity contribution is 5.97. The van der Waals surface area contributed by atoms with Crippen LogP contribution in [0.1, 0.15) is 38.5 Å². The van der Waals surface area contributed by atoms with Crippen LogP contribution in [0.5, 0.6) is 0 Å². The van der Waals surface area contributed by atoms with E-state index in [2.05, 4.69) is 20.9 Å². The number of amides is 3. The van der Waals surface area contributed by atoms with Gasteiger partial charge in [0.2, 0.25) is 18.2 Å². The first-order valence-electron chi connectivity index (χ1n) is 9.64. The molecule has 2 aliphatic rings. The normalized spacial score (nSPS) is 20.8. The Bertz CT molecular complexity index is 682. The summed E-state index contributed by atoms with van der Waals surface area (Å²) in [4.78, 5) is 36.7. The van der Waals surface area contributed by atoms with Crippen molar-refractivity contribution < 1.29 is 19.6 Å². The van der Waals surface area contributed by atoms with Crippen molar-refractivity contribution in [3.8, 4) is 0 Å². The molecule has 1 saturated heterocycles. The van der Waals surface area contributed by atoms with E-state index in [0.29, 0.717) is 42.6 Å². The average molecular weight is 390 g/mol. The maximum Gasteiger partial charge on any atom is 0.250 e. The lowest BCUT2D eigenvalue weighted by Gasteiger charge is -2.29. The van der Waals surface area contributed by atoms with Gasteiger partial charge in [0.1, 0.15) is 6.04 Å². The zero-order chi connectivity index (χ0) is 19.9. The lowest BCUT2D eigenvalue weighted by atomic mass is 9.92. The summed E-state index contributed by atoms with van der Waals surface area (Å²) >= 11 is 0. The first-order valence-corrected chi connectivity index (χ1v) is 9.64. The molecule has 0 aromatic carbocycles. The van der Waals surface area contributed by atoms with E-state index >= 15 is 0 Å². The third-order valence-corrected chi connectivity index (χ3v) is 5.35. The zero-order valence-corrected chi connectivity index (χ0v) is 15.7. The molecule has 1 aliphatic heterocycles. The molecule has 152 valence electrons. The van der Waals surface area contributed by atoms with Crippen LogP contribution in [-0.4, -0.2) is 62.8 Å². The molecule has 1 saturated carbocycles. The molecule has 2 fully saturated rings. The van der Waals surface area contributed by atoms with Crippen LogP contribution in [0.25, 0.3) is 0 Å². The second kappa shape index (κ2) is 9.56. The van der Waals surface area contributed by atoms with Crippen LogP contribution in [0, 0.1) is 11.8 Å². The van der Waals surface area contributed by atoms with Crippen LogP contribution in [0.4, 0.5) is 5.82 Å². The van der Waals surface area contributed by atoms with Crippen molar-refractivity contribution in [2.45, 2.75) is 44.6 Å². The number of hydroxylamine groups is 2. The smallest absolute Gasteiger partial charge is 0.250 e. The van der Waals surface area contributed by atoms with Crippen LogP contribution in [0.2, 0.25) is 0 Å². The molecular weight excluding hydrogens is 364 g/mol. The van der Waals surface area contributed by atoms with Gasteiger partial charge in [0.05, 0.1) is 12.5 Å². The van der Waals surface area contributed by atoms with Gasteiger partial charge in [-0.25, -0.2) is 10.5 Å². The fourth-order valence-corrected chi connectivity index (χ4v) is 3.99. The number of rotatable bonds is 8. The minimum atomic E-state index is -0.691. The molecule has 2 heterocycles. The van der Waals surface area contributed by atoms with Gasteiger partial charge in [0.15, 0.2) is 5.82 Å². The van der Waals surface area contributed by atoms with Crippen LogP contribution in [0.15, 0.2) is 18.3 Å². The summed E-state index contributed by atoms with van der Waals surface area (Å²) < 4.78 is 0. The van der Waals surface area contributed by atoms with Crippen LogP contribution >= 0.6 is 0 Å². The van der Waals surface area contributed by atoms with Gasteiger partial charge in [-0.1, -0.05) is 25.7 Å². The monoisotopic (exact) mass is 390 g/mol. The first-order chi connectivity index (χ1) is 13.6. The van der Waals surface area contributed by atoms with Gasteiger partial charge in [0.25, 0.3) is 0 Å². The average Bonchev–Trinajstić information content (AvgIpc) is 3.39. The molecule has 2 unspecified atom stereocenters. The van der Waals surface area contributed by atoms with E-state index in [4.69, 9.17) is 0 Å². The second-order valence-electron chi connectivity index (χ2n) is 7.33. The van der Waals surface area contributed by atoms with E-state index in [1.165, 1.54) is 11.2 Å². The lowest BCUT2D eigenvalue weighted by Crippen LogP contribution is -2.51. The Hall–Kier alpha value is -2.59. The highest BCUT2D eigenvalue weighted by Crippen LogP contribution is 2.31. The minimum absolute atomic E-state index is 0.0878. The number of anilines is 1. The fraction of sp³-hybridized carbons (Fsp3) is 0.611. The van der Waals surface area contributed by atoms with Crippen molar-refractivity contribution in [3.05, 3.63) is 18.3 Å². The molecule has 1 aromatic rings. The molecule has 28 heavy (non-hydrogen) atoms. The van der Waals surface area contributed by atoms with Crippen molar-refractivity contribution >= 4 is 24.0 Å². The van der Waals surface area contributed by atoms with Crippen LogP contribution in [0.3, 0.4) is 0 Å². The molecular formula is C18H26N6O4. The van der Waals surface area contributed by atoms with Gasteiger partial charge in [0, 0.05) is 12.7 Å². The topological polar surface area (TPSA) is 128 Å². The Labute approximate surface area is 163 Å². The third-order valence-electron chi connectivity index (χ3n) is 5.35. The predicted octanol–water partition coefficient (Wildman–Crippen LogP) is 0.565. The van der Waals surface area contributed by atoms with Crippen molar-refractivity contribution in [2.24, 2.45) is 11.8 Å². The Morgan fingerprint density at radius 2 is 2.18 bits per heavy atom. The number of nitrogens with zero attached hydrogens (tertiary/aromatic N) is 4. The van der Waals surface area contributed by atoms with Crippen molar-refractivity contribution in [1.82, 2.24) is 25.7 Å². The maximum atomic E-state index is 13.2. The van der Waals surface area contributed by atoms with Gasteiger partial charge < -0.3 is 5.32 Å². The van der Waals surface area contributed by atoms with Crippen LogP contribution < -0.4 is 10.7 Å². The highest BCUT2D eigenvalue weighted by Gasteiger charge is 2.39. The largest absolute Gasteiger partial charge is 0.307 e. The molecule has 3 N–H and O–H groups in total. The quantitative estimate of drug-likeness (QED) is 0.336. The summed E-state index contributed by atoms with van der Waals surface area (Å²) in [5, 5.41) is 21.7. The summed E-state index contributed by atoms with van der Waals surface area (Å²) in [7, 11) is 0. The fourth-order valence-electron chi connectivity index (χ4n) is 3.99. The van der Waals surface area contributed by atoms with Crippen LogP contribution in [-0.2, 0) is 14.4 Å². The molecule has 10 nitrogen and oxygen atoms in total. The maximum absolute atomic E-state index is 13.2. The first kappa shape index (κ1) is 20.2. The van der Waals surface area contributed by atoms with Gasteiger partial charge in [-0.2, -0.15) is 5.10 Å². The molecule has 3 rings (SSSR count). The number of nitrogens with one attached hydrogen (secondary N) is 2. The number of carbonyl (C=O) groups excluding carboxylic acids is 3. The van der Waals surface area contributed by atoms with E-state index in [-0.39, 0.29) is 18.4 Å². The number of hydrogen-bond donors (Lipinski definition) is 3. The predicted molar refractivity (Wildman–Crippen MR) is 98.5 cm³/mol. The Balaban J connectivity index is 1.68. The third kappa shape index (κ3) is 5.02. The summed E-state index contributed by atoms with van der Waals surface area (Å²) in [5.74, 6) is -0.504. The number of hydrogen-bond acceptors (Lipinski definition) is 7. The number of carbonyl (C=O) groups is 3. The van der Waals surface area contributed by atoms with Gasteiger partial charge in [-0.05, 0) is 30.9 Å². The SMILES string of the molecule is O=CN(O)CC(CC1CCCC1)C(=O)N1NCCC1C(=O)Nc1cccnn1. The molecule has 3 amide bonds. The molecule has 0 bridgehead atoms. The highest BCUT2D eigenvalue weighted by atomic mass is 16.5. The zero-order valence-electron chi connectivity index (χ0n) is 15.7. The summed E-state index contributed by atoms with van der Waals surface area (Å²) in [6, 6.07) is 2.59. The Kier molecular flexibility index (Phi) is 6.88. The number of hydrazine groups is 1. The van der Waals surface area contributed by atoms with E-state index < -0.39 is 12.0 Å². The van der Waals surface area contributed by atoms with Crippen molar-refractivity contribution in [1.29, 1.82) is 0 Å². The molecule has 0 radical (unpaired) electrons. The van der Waals surface area contributed by atoms with Crippen molar-refractivity contribution in [2.75, 3.05) is 18.4 Å². The molecule has 0 spiro atoms. The van der Waals surface area contributed by atoms with E-state index in [9.17, 15) is 19.6 Å². The van der Waals surface area contributed by atoms with E-state index in [0.717, 1.165) is 25.7 Å². The Morgan fingerprint density at radius 3 is 2.86 bits per heavy atom. The molecule has 1 aliphatic carbocycles. The minimum Gasteiger partial charge on any atom is -0.307 e. The van der Waals surface area contributed by atoms with Gasteiger partial charge in [-0.15, -0.1) is 5.10 Å². The number of aromatic nitrogens is 2.